The third-order valence-corrected chi connectivity index (χ3v) is 4.60. The van der Waals surface area contributed by atoms with E-state index < -0.39 is 5.97 Å². The van der Waals surface area contributed by atoms with Crippen LogP contribution in [0.15, 0.2) is 48.5 Å². The molecule has 0 atom stereocenters. The summed E-state index contributed by atoms with van der Waals surface area (Å²) in [5, 5.41) is 10.1. The number of hydrogen-bond donors (Lipinski definition) is 1. The smallest absolute Gasteiger partial charge is 0.323 e. The third kappa shape index (κ3) is 4.42. The summed E-state index contributed by atoms with van der Waals surface area (Å²) in [5.41, 5.74) is 3.83. The molecule has 1 N–H and O–H groups in total. The van der Waals surface area contributed by atoms with E-state index in [1.807, 2.05) is 12.1 Å². The van der Waals surface area contributed by atoms with Crippen LogP contribution >= 0.6 is 0 Å². The molecule has 1 aromatic heterocycles. The second-order valence-electron chi connectivity index (χ2n) is 6.74. The van der Waals surface area contributed by atoms with Crippen LogP contribution in [0.1, 0.15) is 25.3 Å². The van der Waals surface area contributed by atoms with Gasteiger partial charge in [0.05, 0.1) is 5.52 Å². The molecule has 0 saturated carbocycles. The largest absolute Gasteiger partial charge is 0.480 e. The number of likely N-dealkylation sites (N-methyl/N-ethyl adjacent to an activating group) is 1. The number of carbonyl (C=O) groups is 1. The van der Waals surface area contributed by atoms with Gasteiger partial charge in [0.25, 0.3) is 0 Å². The highest BCUT2D eigenvalue weighted by Crippen LogP contribution is 2.32. The normalized spacial score (nSPS) is 10.9. The Labute approximate surface area is 158 Å². The maximum Gasteiger partial charge on any atom is 0.323 e. The second-order valence-corrected chi connectivity index (χ2v) is 6.74. The molecule has 0 amide bonds. The van der Waals surface area contributed by atoms with Crippen molar-refractivity contribution < 1.29 is 14.3 Å². The number of carboxylic acid groups (broad SMARTS) is 1. The SMILES string of the molecule is CCCCc1ccc2nc(N(C)CC(=O)O)cc(-c3ccc(F)cc3)c2c1. The van der Waals surface area contributed by atoms with Gasteiger partial charge in [0.2, 0.25) is 0 Å². The highest BCUT2D eigenvalue weighted by atomic mass is 19.1. The van der Waals surface area contributed by atoms with Crippen LogP contribution in [-0.2, 0) is 11.2 Å². The fourth-order valence-electron chi connectivity index (χ4n) is 3.14. The summed E-state index contributed by atoms with van der Waals surface area (Å²) >= 11 is 0. The fraction of sp³-hybridized carbons (Fsp3) is 0.273. The molecule has 0 aliphatic rings. The van der Waals surface area contributed by atoms with Crippen molar-refractivity contribution in [3.8, 4) is 11.1 Å². The molecule has 1 heterocycles. The Kier molecular flexibility index (Phi) is 5.69. The number of aliphatic carboxylic acids is 1. The van der Waals surface area contributed by atoms with E-state index >= 15 is 0 Å². The monoisotopic (exact) mass is 366 g/mol. The molecule has 0 aliphatic carbocycles. The zero-order valence-corrected chi connectivity index (χ0v) is 15.6. The molecule has 3 rings (SSSR count). The van der Waals surface area contributed by atoms with Crippen LogP contribution in [0.3, 0.4) is 0 Å². The van der Waals surface area contributed by atoms with Crippen molar-refractivity contribution >= 4 is 22.7 Å². The van der Waals surface area contributed by atoms with Crippen molar-refractivity contribution in [1.82, 2.24) is 4.98 Å². The molecular formula is C22H23FN2O2. The molecule has 0 unspecified atom stereocenters. The molecule has 27 heavy (non-hydrogen) atoms. The first kappa shape index (κ1) is 18.8. The van der Waals surface area contributed by atoms with Crippen LogP contribution in [0, 0.1) is 5.82 Å². The van der Waals surface area contributed by atoms with Gasteiger partial charge in [0, 0.05) is 12.4 Å². The van der Waals surface area contributed by atoms with Gasteiger partial charge in [-0.05, 0) is 59.9 Å². The number of anilines is 1. The van der Waals surface area contributed by atoms with Gasteiger partial charge < -0.3 is 10.0 Å². The van der Waals surface area contributed by atoms with Crippen LogP contribution in [-0.4, -0.2) is 29.7 Å². The molecule has 2 aromatic carbocycles. The number of nitrogens with zero attached hydrogens (tertiary/aromatic N) is 2. The zero-order valence-electron chi connectivity index (χ0n) is 15.6. The standard InChI is InChI=1S/C22H23FN2O2/c1-3-4-5-15-6-11-20-19(12-15)18(16-7-9-17(23)10-8-16)13-21(24-20)25(2)14-22(26)27/h6-13H,3-5,14H2,1-2H3,(H,26,27). The summed E-state index contributed by atoms with van der Waals surface area (Å²) in [6.07, 6.45) is 3.24. The molecule has 3 aromatic rings. The molecule has 0 saturated heterocycles. The van der Waals surface area contributed by atoms with Crippen LogP contribution in [0.4, 0.5) is 10.2 Å². The van der Waals surface area contributed by atoms with Crippen LogP contribution < -0.4 is 4.90 Å². The molecule has 5 heteroatoms. The lowest BCUT2D eigenvalue weighted by Gasteiger charge is -2.18. The highest BCUT2D eigenvalue weighted by Gasteiger charge is 2.13. The Morgan fingerprint density at radius 3 is 2.56 bits per heavy atom. The van der Waals surface area contributed by atoms with E-state index in [2.05, 4.69) is 24.0 Å². The van der Waals surface area contributed by atoms with E-state index in [9.17, 15) is 9.18 Å². The minimum atomic E-state index is -0.919. The van der Waals surface area contributed by atoms with Crippen molar-refractivity contribution in [2.24, 2.45) is 0 Å². The number of aryl methyl sites for hydroxylation is 1. The molecule has 0 aliphatic heterocycles. The lowest BCUT2D eigenvalue weighted by molar-refractivity contribution is -0.135. The number of aromatic nitrogens is 1. The minimum absolute atomic E-state index is 0.143. The second kappa shape index (κ2) is 8.16. The predicted octanol–water partition coefficient (Wildman–Crippen LogP) is 4.90. The summed E-state index contributed by atoms with van der Waals surface area (Å²) in [6, 6.07) is 14.4. The number of pyridine rings is 1. The van der Waals surface area contributed by atoms with Crippen molar-refractivity contribution in [3.05, 3.63) is 59.9 Å². The lowest BCUT2D eigenvalue weighted by Crippen LogP contribution is -2.26. The van der Waals surface area contributed by atoms with E-state index in [1.54, 1.807) is 24.1 Å². The zero-order chi connectivity index (χ0) is 19.4. The summed E-state index contributed by atoms with van der Waals surface area (Å²) < 4.78 is 13.4. The topological polar surface area (TPSA) is 53.4 Å². The minimum Gasteiger partial charge on any atom is -0.480 e. The van der Waals surface area contributed by atoms with Gasteiger partial charge in [-0.3, -0.25) is 4.79 Å². The summed E-state index contributed by atoms with van der Waals surface area (Å²) in [6.45, 7) is 2.02. The fourth-order valence-corrected chi connectivity index (χ4v) is 3.14. The molecule has 0 spiro atoms. The van der Waals surface area contributed by atoms with E-state index in [0.717, 1.165) is 41.3 Å². The number of hydrogen-bond acceptors (Lipinski definition) is 3. The quantitative estimate of drug-likeness (QED) is 0.646. The summed E-state index contributed by atoms with van der Waals surface area (Å²) in [4.78, 5) is 17.3. The highest BCUT2D eigenvalue weighted by molar-refractivity contribution is 5.96. The maximum absolute atomic E-state index is 13.4. The van der Waals surface area contributed by atoms with Crippen molar-refractivity contribution in [3.63, 3.8) is 0 Å². The average molecular weight is 366 g/mol. The Balaban J connectivity index is 2.15. The summed E-state index contributed by atoms with van der Waals surface area (Å²) in [5.74, 6) is -0.632. The molecule has 0 bridgehead atoms. The first-order chi connectivity index (χ1) is 13.0. The van der Waals surface area contributed by atoms with Crippen LogP contribution in [0.5, 0.6) is 0 Å². The molecule has 4 nitrogen and oxygen atoms in total. The average Bonchev–Trinajstić information content (AvgIpc) is 2.65. The maximum atomic E-state index is 13.4. The number of rotatable bonds is 7. The van der Waals surface area contributed by atoms with Gasteiger partial charge in [0.15, 0.2) is 0 Å². The van der Waals surface area contributed by atoms with Gasteiger partial charge in [0.1, 0.15) is 18.2 Å². The Hall–Kier alpha value is -2.95. The first-order valence-electron chi connectivity index (χ1n) is 9.10. The van der Waals surface area contributed by atoms with Crippen LogP contribution in [0.2, 0.25) is 0 Å². The van der Waals surface area contributed by atoms with E-state index in [4.69, 9.17) is 5.11 Å². The van der Waals surface area contributed by atoms with Crippen molar-refractivity contribution in [2.45, 2.75) is 26.2 Å². The van der Waals surface area contributed by atoms with Gasteiger partial charge in [-0.2, -0.15) is 0 Å². The third-order valence-electron chi connectivity index (χ3n) is 4.60. The molecule has 0 radical (unpaired) electrons. The Morgan fingerprint density at radius 1 is 1.15 bits per heavy atom. The molecular weight excluding hydrogens is 343 g/mol. The van der Waals surface area contributed by atoms with Crippen molar-refractivity contribution in [1.29, 1.82) is 0 Å². The van der Waals surface area contributed by atoms with Gasteiger partial charge in [-0.15, -0.1) is 0 Å². The van der Waals surface area contributed by atoms with E-state index in [-0.39, 0.29) is 12.4 Å². The summed E-state index contributed by atoms with van der Waals surface area (Å²) in [7, 11) is 1.70. The van der Waals surface area contributed by atoms with E-state index in [1.165, 1.54) is 17.7 Å². The first-order valence-corrected chi connectivity index (χ1v) is 9.10. The van der Waals surface area contributed by atoms with Crippen LogP contribution in [0.25, 0.3) is 22.0 Å². The molecule has 0 fully saturated rings. The lowest BCUT2D eigenvalue weighted by atomic mass is 9.98. The Morgan fingerprint density at radius 2 is 1.89 bits per heavy atom. The van der Waals surface area contributed by atoms with Gasteiger partial charge in [-0.1, -0.05) is 31.5 Å². The number of unbranched alkanes of at least 4 members (excludes halogenated alkanes) is 1. The van der Waals surface area contributed by atoms with Gasteiger partial charge >= 0.3 is 5.97 Å². The van der Waals surface area contributed by atoms with Crippen molar-refractivity contribution in [2.75, 3.05) is 18.5 Å². The number of halogens is 1. The number of benzene rings is 2. The van der Waals surface area contributed by atoms with Gasteiger partial charge in [-0.25, -0.2) is 9.37 Å². The Bertz CT molecular complexity index is 954. The predicted molar refractivity (Wildman–Crippen MR) is 107 cm³/mol. The molecule has 140 valence electrons. The van der Waals surface area contributed by atoms with E-state index in [0.29, 0.717) is 5.82 Å². The number of fused-ring (bicyclic) bond motifs is 1. The number of carboxylic acids is 1.